The Kier molecular flexibility index (Phi) is 1.71. The van der Waals surface area contributed by atoms with E-state index in [1.807, 2.05) is 6.92 Å². The molecule has 9 heavy (non-hydrogen) atoms. The van der Waals surface area contributed by atoms with Gasteiger partial charge in [-0.2, -0.15) is 0 Å². The summed E-state index contributed by atoms with van der Waals surface area (Å²) in [6, 6.07) is 0. The number of nitrogens with two attached hydrogens (primary N) is 1. The van der Waals surface area contributed by atoms with Gasteiger partial charge in [-0.15, -0.1) is 0 Å². The molecule has 3 heteroatoms. The second-order valence-electron chi connectivity index (χ2n) is 2.43. The zero-order chi connectivity index (χ0) is 6.85. The van der Waals surface area contributed by atoms with E-state index in [1.54, 1.807) is 0 Å². The van der Waals surface area contributed by atoms with E-state index in [-0.39, 0.29) is 18.0 Å². The van der Waals surface area contributed by atoms with Crippen LogP contribution in [-0.2, 0) is 9.53 Å². The Morgan fingerprint density at radius 3 is 2.78 bits per heavy atom. The predicted molar refractivity (Wildman–Crippen MR) is 32.7 cm³/mol. The summed E-state index contributed by atoms with van der Waals surface area (Å²) in [4.78, 5) is 10.7. The number of hydrogen-bond acceptors (Lipinski definition) is 3. The van der Waals surface area contributed by atoms with Crippen molar-refractivity contribution in [1.29, 1.82) is 0 Å². The van der Waals surface area contributed by atoms with Crippen LogP contribution in [0.1, 0.15) is 13.3 Å². The Bertz CT molecular complexity index is 124. The maximum Gasteiger partial charge on any atom is 0.309 e. The first-order chi connectivity index (χ1) is 4.24. The van der Waals surface area contributed by atoms with Gasteiger partial charge < -0.3 is 10.5 Å². The van der Waals surface area contributed by atoms with Gasteiger partial charge >= 0.3 is 5.97 Å². The Balaban J connectivity index is 2.44. The van der Waals surface area contributed by atoms with Crippen molar-refractivity contribution in [2.24, 2.45) is 11.7 Å². The van der Waals surface area contributed by atoms with Crippen LogP contribution in [0.5, 0.6) is 0 Å². The molecule has 0 aliphatic carbocycles. The van der Waals surface area contributed by atoms with Crippen LogP contribution in [-0.4, -0.2) is 18.6 Å². The van der Waals surface area contributed by atoms with E-state index in [2.05, 4.69) is 0 Å². The first kappa shape index (κ1) is 6.55. The molecule has 0 spiro atoms. The molecule has 1 rings (SSSR count). The Hall–Kier alpha value is -0.570. The lowest BCUT2D eigenvalue weighted by molar-refractivity contribution is -0.143. The van der Waals surface area contributed by atoms with Gasteiger partial charge in [0.2, 0.25) is 0 Å². The SMILES string of the molecule is C[C@@H]1C[C@@H](CN)OC1=O. The standard InChI is InChI=1S/C6H11NO2/c1-4-2-5(3-7)9-6(4)8/h4-5H,2-3,7H2,1H3/t4-,5+/m1/s1. The average molecular weight is 129 g/mol. The smallest absolute Gasteiger partial charge is 0.309 e. The summed E-state index contributed by atoms with van der Waals surface area (Å²) in [5, 5.41) is 0. The molecule has 0 aromatic carbocycles. The van der Waals surface area contributed by atoms with Crippen molar-refractivity contribution in [3.05, 3.63) is 0 Å². The zero-order valence-electron chi connectivity index (χ0n) is 5.46. The molecule has 1 heterocycles. The van der Waals surface area contributed by atoms with Crippen molar-refractivity contribution in [3.63, 3.8) is 0 Å². The Morgan fingerprint density at radius 1 is 1.89 bits per heavy atom. The molecule has 3 nitrogen and oxygen atoms in total. The molecule has 1 aliphatic heterocycles. The van der Waals surface area contributed by atoms with E-state index >= 15 is 0 Å². The molecule has 52 valence electrons. The third-order valence-electron chi connectivity index (χ3n) is 1.56. The number of rotatable bonds is 1. The van der Waals surface area contributed by atoms with Crippen molar-refractivity contribution in [1.82, 2.24) is 0 Å². The zero-order valence-corrected chi connectivity index (χ0v) is 5.46. The molecule has 0 aromatic heterocycles. The van der Waals surface area contributed by atoms with Crippen LogP contribution < -0.4 is 5.73 Å². The van der Waals surface area contributed by atoms with Gasteiger partial charge in [0, 0.05) is 6.54 Å². The highest BCUT2D eigenvalue weighted by atomic mass is 16.6. The minimum Gasteiger partial charge on any atom is -0.461 e. The minimum atomic E-state index is -0.106. The van der Waals surface area contributed by atoms with Crippen LogP contribution in [0.3, 0.4) is 0 Å². The van der Waals surface area contributed by atoms with Gasteiger partial charge in [-0.25, -0.2) is 0 Å². The number of carbonyl (C=O) groups is 1. The summed E-state index contributed by atoms with van der Waals surface area (Å²) in [7, 11) is 0. The largest absolute Gasteiger partial charge is 0.461 e. The van der Waals surface area contributed by atoms with Crippen molar-refractivity contribution in [3.8, 4) is 0 Å². The second kappa shape index (κ2) is 2.35. The lowest BCUT2D eigenvalue weighted by Crippen LogP contribution is -2.18. The molecule has 1 saturated heterocycles. The average Bonchev–Trinajstić information content (AvgIpc) is 2.13. The normalized spacial score (nSPS) is 34.7. The number of hydrogen-bond donors (Lipinski definition) is 1. The Morgan fingerprint density at radius 2 is 2.56 bits per heavy atom. The lowest BCUT2D eigenvalue weighted by Gasteiger charge is -2.01. The first-order valence-electron chi connectivity index (χ1n) is 3.14. The van der Waals surface area contributed by atoms with Crippen molar-refractivity contribution in [2.75, 3.05) is 6.54 Å². The second-order valence-corrected chi connectivity index (χ2v) is 2.43. The number of cyclic esters (lactones) is 1. The van der Waals surface area contributed by atoms with Crippen LogP contribution >= 0.6 is 0 Å². The summed E-state index contributed by atoms with van der Waals surface area (Å²) in [6.45, 7) is 2.31. The van der Waals surface area contributed by atoms with E-state index in [0.717, 1.165) is 6.42 Å². The van der Waals surface area contributed by atoms with Gasteiger partial charge in [-0.3, -0.25) is 4.79 Å². The summed E-state index contributed by atoms with van der Waals surface area (Å²) >= 11 is 0. The van der Waals surface area contributed by atoms with Gasteiger partial charge in [-0.1, -0.05) is 6.92 Å². The number of esters is 1. The molecule has 2 atom stereocenters. The van der Waals surface area contributed by atoms with Crippen LogP contribution in [0, 0.1) is 5.92 Å². The highest BCUT2D eigenvalue weighted by Crippen LogP contribution is 2.18. The van der Waals surface area contributed by atoms with E-state index in [9.17, 15) is 4.79 Å². The quantitative estimate of drug-likeness (QED) is 0.503. The number of ether oxygens (including phenoxy) is 1. The van der Waals surface area contributed by atoms with Gasteiger partial charge in [-0.05, 0) is 6.42 Å². The van der Waals surface area contributed by atoms with Gasteiger partial charge in [0.05, 0.1) is 5.92 Å². The van der Waals surface area contributed by atoms with Gasteiger partial charge in [0.1, 0.15) is 6.10 Å². The van der Waals surface area contributed by atoms with Crippen molar-refractivity contribution in [2.45, 2.75) is 19.4 Å². The maximum absolute atomic E-state index is 10.7. The fraction of sp³-hybridized carbons (Fsp3) is 0.833. The maximum atomic E-state index is 10.7. The van der Waals surface area contributed by atoms with Crippen molar-refractivity contribution < 1.29 is 9.53 Å². The van der Waals surface area contributed by atoms with E-state index < -0.39 is 0 Å². The van der Waals surface area contributed by atoms with E-state index in [0.29, 0.717) is 6.54 Å². The topological polar surface area (TPSA) is 52.3 Å². The van der Waals surface area contributed by atoms with Crippen LogP contribution in [0.4, 0.5) is 0 Å². The lowest BCUT2D eigenvalue weighted by atomic mass is 10.1. The third-order valence-corrected chi connectivity index (χ3v) is 1.56. The van der Waals surface area contributed by atoms with Crippen LogP contribution in [0.25, 0.3) is 0 Å². The van der Waals surface area contributed by atoms with Crippen molar-refractivity contribution >= 4 is 5.97 Å². The molecule has 2 N–H and O–H groups in total. The van der Waals surface area contributed by atoms with E-state index in [1.165, 1.54) is 0 Å². The molecular weight excluding hydrogens is 118 g/mol. The first-order valence-corrected chi connectivity index (χ1v) is 3.14. The molecular formula is C6H11NO2. The molecule has 1 aliphatic rings. The summed E-state index contributed by atoms with van der Waals surface area (Å²) in [5.41, 5.74) is 5.28. The highest BCUT2D eigenvalue weighted by Gasteiger charge is 2.29. The summed E-state index contributed by atoms with van der Waals surface area (Å²) in [6.07, 6.45) is 0.766. The molecule has 0 unspecified atom stereocenters. The third kappa shape index (κ3) is 1.21. The highest BCUT2D eigenvalue weighted by molar-refractivity contribution is 5.74. The molecule has 1 fully saturated rings. The molecule has 0 aromatic rings. The molecule has 0 bridgehead atoms. The monoisotopic (exact) mass is 129 g/mol. The van der Waals surface area contributed by atoms with Crippen LogP contribution in [0.15, 0.2) is 0 Å². The molecule has 0 radical (unpaired) electrons. The van der Waals surface area contributed by atoms with E-state index in [4.69, 9.17) is 10.5 Å². The van der Waals surface area contributed by atoms with Gasteiger partial charge in [0.15, 0.2) is 0 Å². The summed E-state index contributed by atoms with van der Waals surface area (Å²) < 4.78 is 4.86. The minimum absolute atomic E-state index is 0.0208. The predicted octanol–water partition coefficient (Wildman–Crippen LogP) is -0.103. The Labute approximate surface area is 54.2 Å². The van der Waals surface area contributed by atoms with Gasteiger partial charge in [0.25, 0.3) is 0 Å². The molecule has 0 saturated carbocycles. The fourth-order valence-corrected chi connectivity index (χ4v) is 0.963. The number of carbonyl (C=O) groups excluding carboxylic acids is 1. The fourth-order valence-electron chi connectivity index (χ4n) is 0.963. The molecule has 0 amide bonds. The van der Waals surface area contributed by atoms with Crippen LogP contribution in [0.2, 0.25) is 0 Å². The summed E-state index contributed by atoms with van der Waals surface area (Å²) in [5.74, 6) is -0.0519.